The molecule has 1 aliphatic heterocycles. The quantitative estimate of drug-likeness (QED) is 0.853. The summed E-state index contributed by atoms with van der Waals surface area (Å²) in [5.74, 6) is 0.507. The largest absolute Gasteiger partial charge is 0.393 e. The smallest absolute Gasteiger partial charge is 0.227 e. The first kappa shape index (κ1) is 14.6. The molecular formula is C16H18BFN4. The molecule has 2 aromatic rings. The molecule has 4 nitrogen and oxygen atoms in total. The second kappa shape index (κ2) is 5.79. The van der Waals surface area contributed by atoms with Gasteiger partial charge < -0.3 is 10.6 Å². The minimum absolute atomic E-state index is 0.247. The molecule has 2 atom stereocenters. The Morgan fingerprint density at radius 2 is 1.95 bits per heavy atom. The molecule has 1 aliphatic rings. The Labute approximate surface area is 130 Å². The van der Waals surface area contributed by atoms with Crippen molar-refractivity contribution in [2.75, 3.05) is 5.32 Å². The lowest BCUT2D eigenvalue weighted by Gasteiger charge is -2.18. The molecule has 112 valence electrons. The Hall–Kier alpha value is -2.37. The monoisotopic (exact) mass is 296 g/mol. The van der Waals surface area contributed by atoms with Gasteiger partial charge in [-0.2, -0.15) is 0 Å². The van der Waals surface area contributed by atoms with Crippen LogP contribution in [0.2, 0.25) is 0 Å². The van der Waals surface area contributed by atoms with Gasteiger partial charge >= 0.3 is 0 Å². The third-order valence-corrected chi connectivity index (χ3v) is 4.10. The molecule has 0 fully saturated rings. The summed E-state index contributed by atoms with van der Waals surface area (Å²) < 4.78 is 12.9. The molecule has 2 heterocycles. The lowest BCUT2D eigenvalue weighted by atomic mass is 9.90. The van der Waals surface area contributed by atoms with Crippen LogP contribution in [0.5, 0.6) is 0 Å². The van der Waals surface area contributed by atoms with E-state index in [1.165, 1.54) is 23.3 Å². The van der Waals surface area contributed by atoms with Crippen LogP contribution in [0, 0.1) is 5.82 Å². The van der Waals surface area contributed by atoms with Gasteiger partial charge in [-0.3, -0.25) is 0 Å². The maximum atomic E-state index is 12.9. The zero-order valence-corrected chi connectivity index (χ0v) is 12.9. The zero-order valence-electron chi connectivity index (χ0n) is 12.9. The highest BCUT2D eigenvalue weighted by atomic mass is 19.1. The summed E-state index contributed by atoms with van der Waals surface area (Å²) in [5, 5.41) is 6.56. The van der Waals surface area contributed by atoms with Crippen molar-refractivity contribution in [3.05, 3.63) is 59.2 Å². The van der Waals surface area contributed by atoms with Crippen molar-refractivity contribution < 1.29 is 4.39 Å². The fourth-order valence-corrected chi connectivity index (χ4v) is 2.89. The van der Waals surface area contributed by atoms with E-state index >= 15 is 0 Å². The number of nitrogens with zero attached hydrogens (tertiary/aromatic N) is 2. The van der Waals surface area contributed by atoms with Crippen molar-refractivity contribution in [3.8, 4) is 0 Å². The second-order valence-electron chi connectivity index (χ2n) is 5.66. The Morgan fingerprint density at radius 3 is 2.59 bits per heavy atom. The molecular weight excluding hydrogens is 278 g/mol. The summed E-state index contributed by atoms with van der Waals surface area (Å²) in [4.78, 5) is 8.86. The van der Waals surface area contributed by atoms with E-state index in [-0.39, 0.29) is 11.7 Å². The maximum absolute atomic E-state index is 12.9. The van der Waals surface area contributed by atoms with Crippen LogP contribution in [-0.2, 0) is 0 Å². The molecule has 1 aromatic carbocycles. The van der Waals surface area contributed by atoms with Gasteiger partial charge in [0.15, 0.2) is 7.85 Å². The predicted octanol–water partition coefficient (Wildman–Crippen LogP) is 2.30. The Bertz CT molecular complexity index is 714. The number of nitrogens with one attached hydrogen (secondary N) is 2. The molecule has 2 N–H and O–H groups in total. The average molecular weight is 296 g/mol. The minimum atomic E-state index is -0.262. The van der Waals surface area contributed by atoms with E-state index < -0.39 is 0 Å². The zero-order chi connectivity index (χ0) is 15.7. The summed E-state index contributed by atoms with van der Waals surface area (Å²) in [6.45, 7) is 4.28. The Morgan fingerprint density at radius 1 is 1.23 bits per heavy atom. The first-order valence-electron chi connectivity index (χ1n) is 7.34. The predicted molar refractivity (Wildman–Crippen MR) is 88.3 cm³/mol. The summed E-state index contributed by atoms with van der Waals surface area (Å²) in [6, 6.07) is 8.41. The number of anilines is 2. The van der Waals surface area contributed by atoms with Gasteiger partial charge in [0, 0.05) is 23.8 Å². The van der Waals surface area contributed by atoms with Crippen LogP contribution >= 0.6 is 0 Å². The van der Waals surface area contributed by atoms with Gasteiger partial charge in [-0.25, -0.2) is 14.4 Å². The molecule has 0 bridgehead atoms. The summed E-state index contributed by atoms with van der Waals surface area (Å²) in [5.41, 5.74) is 4.26. The number of hydrogen-bond acceptors (Lipinski definition) is 4. The van der Waals surface area contributed by atoms with E-state index in [1.54, 1.807) is 18.3 Å². The maximum Gasteiger partial charge on any atom is 0.227 e. The van der Waals surface area contributed by atoms with Crippen LogP contribution in [-0.4, -0.2) is 23.9 Å². The van der Waals surface area contributed by atoms with Gasteiger partial charge in [0.1, 0.15) is 5.82 Å². The molecule has 1 unspecified atom stereocenters. The fourth-order valence-electron chi connectivity index (χ4n) is 2.89. The highest BCUT2D eigenvalue weighted by molar-refractivity contribution is 6.22. The number of halogens is 1. The summed E-state index contributed by atoms with van der Waals surface area (Å²) >= 11 is 0. The van der Waals surface area contributed by atoms with Gasteiger partial charge in [0.25, 0.3) is 0 Å². The van der Waals surface area contributed by atoms with E-state index in [2.05, 4.69) is 42.3 Å². The normalized spacial score (nSPS) is 20.9. The molecule has 0 amide bonds. The van der Waals surface area contributed by atoms with Crippen molar-refractivity contribution in [1.29, 1.82) is 0 Å². The standard InChI is InChI=1S/C16H18BFN4/c1-9-14(10(2)20-15(9)17)13-7-8-19-16(22-13)21-12-5-3-11(18)4-6-12/h3-8,10,14,20H,17H2,1-2H3,(H,19,21,22)/t10-,14?/m0/s1. The molecule has 0 radical (unpaired) electrons. The van der Waals surface area contributed by atoms with Crippen molar-refractivity contribution >= 4 is 19.5 Å². The topological polar surface area (TPSA) is 49.8 Å². The first-order chi connectivity index (χ1) is 10.5. The molecule has 6 heteroatoms. The molecule has 0 saturated heterocycles. The van der Waals surface area contributed by atoms with Crippen molar-refractivity contribution in [2.24, 2.45) is 0 Å². The lowest BCUT2D eigenvalue weighted by Crippen LogP contribution is -2.24. The molecule has 3 rings (SSSR count). The molecule has 1 aromatic heterocycles. The SMILES string of the molecule is BC1=C(C)C(c2ccnc(Nc3ccc(F)cc3)n2)[C@H](C)N1. The summed E-state index contributed by atoms with van der Waals surface area (Å²) in [7, 11) is 2.09. The number of aromatic nitrogens is 2. The van der Waals surface area contributed by atoms with E-state index in [0.29, 0.717) is 12.0 Å². The van der Waals surface area contributed by atoms with Gasteiger partial charge in [0.2, 0.25) is 5.95 Å². The van der Waals surface area contributed by atoms with E-state index in [9.17, 15) is 4.39 Å². The van der Waals surface area contributed by atoms with E-state index in [4.69, 9.17) is 0 Å². The van der Waals surface area contributed by atoms with Gasteiger partial charge in [-0.15, -0.1) is 0 Å². The number of rotatable bonds is 3. The number of benzene rings is 1. The first-order valence-corrected chi connectivity index (χ1v) is 7.34. The molecule has 22 heavy (non-hydrogen) atoms. The third kappa shape index (κ3) is 2.82. The average Bonchev–Trinajstić information content (AvgIpc) is 2.75. The number of hydrogen-bond donors (Lipinski definition) is 2. The van der Waals surface area contributed by atoms with Crippen molar-refractivity contribution in [2.45, 2.75) is 25.8 Å². The van der Waals surface area contributed by atoms with Crippen LogP contribution < -0.4 is 10.6 Å². The molecule has 0 saturated carbocycles. The molecule has 0 spiro atoms. The van der Waals surface area contributed by atoms with E-state index in [0.717, 1.165) is 11.4 Å². The summed E-state index contributed by atoms with van der Waals surface area (Å²) in [6.07, 6.45) is 1.75. The highest BCUT2D eigenvalue weighted by Gasteiger charge is 2.29. The van der Waals surface area contributed by atoms with Crippen LogP contribution in [0.1, 0.15) is 25.5 Å². The minimum Gasteiger partial charge on any atom is -0.393 e. The van der Waals surface area contributed by atoms with Crippen LogP contribution in [0.4, 0.5) is 16.0 Å². The molecule has 0 aliphatic carbocycles. The Kier molecular flexibility index (Phi) is 3.83. The highest BCUT2D eigenvalue weighted by Crippen LogP contribution is 2.32. The van der Waals surface area contributed by atoms with Crippen molar-refractivity contribution in [3.63, 3.8) is 0 Å². The third-order valence-electron chi connectivity index (χ3n) is 4.10. The van der Waals surface area contributed by atoms with Gasteiger partial charge in [-0.05, 0) is 49.8 Å². The Balaban J connectivity index is 1.85. The van der Waals surface area contributed by atoms with Crippen LogP contribution in [0.3, 0.4) is 0 Å². The van der Waals surface area contributed by atoms with E-state index in [1.807, 2.05) is 6.07 Å². The second-order valence-corrected chi connectivity index (χ2v) is 5.66. The van der Waals surface area contributed by atoms with Crippen LogP contribution in [0.25, 0.3) is 0 Å². The van der Waals surface area contributed by atoms with Gasteiger partial charge in [-0.1, -0.05) is 5.57 Å². The lowest BCUT2D eigenvalue weighted by molar-refractivity contribution is 0.594. The fraction of sp³-hybridized carbons (Fsp3) is 0.250. The van der Waals surface area contributed by atoms with Crippen molar-refractivity contribution in [1.82, 2.24) is 15.3 Å². The van der Waals surface area contributed by atoms with Gasteiger partial charge in [0.05, 0.1) is 5.69 Å². The van der Waals surface area contributed by atoms with Crippen LogP contribution in [0.15, 0.2) is 47.7 Å².